The highest BCUT2D eigenvalue weighted by atomic mass is 19.4. The third-order valence-corrected chi connectivity index (χ3v) is 3.69. The summed E-state index contributed by atoms with van der Waals surface area (Å²) in [6, 6.07) is 14.7. The van der Waals surface area contributed by atoms with Gasteiger partial charge in [0, 0.05) is 11.4 Å². The molecule has 3 aromatic rings. The Morgan fingerprint density at radius 1 is 0.889 bits per heavy atom. The van der Waals surface area contributed by atoms with Crippen LogP contribution in [0, 0.1) is 6.92 Å². The van der Waals surface area contributed by atoms with Crippen LogP contribution in [0.5, 0.6) is 0 Å². The van der Waals surface area contributed by atoms with Crippen molar-refractivity contribution >= 4 is 23.1 Å². The second kappa shape index (κ2) is 7.45. The highest BCUT2D eigenvalue weighted by Crippen LogP contribution is 2.32. The summed E-state index contributed by atoms with van der Waals surface area (Å²) in [5, 5.41) is 13.4. The fraction of sp³-hybridized carbons (Fsp3) is 0.105. The topological polar surface area (TPSA) is 66.9 Å². The minimum Gasteiger partial charge on any atom is -0.339 e. The number of hydrogen-bond donors (Lipinski definition) is 2. The van der Waals surface area contributed by atoms with Crippen LogP contribution in [-0.4, -0.2) is 16.1 Å². The molecule has 3 rings (SSSR count). The van der Waals surface area contributed by atoms with Crippen molar-refractivity contribution in [2.75, 3.05) is 10.6 Å². The van der Waals surface area contributed by atoms with Crippen LogP contribution in [0.2, 0.25) is 0 Å². The Morgan fingerprint density at radius 2 is 1.56 bits per heavy atom. The number of benzene rings is 2. The van der Waals surface area contributed by atoms with E-state index in [2.05, 4.69) is 20.8 Å². The second-order valence-electron chi connectivity index (χ2n) is 5.76. The van der Waals surface area contributed by atoms with Crippen molar-refractivity contribution in [3.63, 3.8) is 0 Å². The average molecular weight is 372 g/mol. The molecule has 0 atom stereocenters. The first kappa shape index (κ1) is 18.4. The van der Waals surface area contributed by atoms with E-state index in [9.17, 15) is 18.0 Å². The molecule has 0 aliphatic carbocycles. The molecule has 0 radical (unpaired) electrons. The van der Waals surface area contributed by atoms with Gasteiger partial charge in [0.2, 0.25) is 0 Å². The number of nitrogens with zero attached hydrogens (tertiary/aromatic N) is 2. The monoisotopic (exact) mass is 372 g/mol. The maximum absolute atomic E-state index is 13.0. The van der Waals surface area contributed by atoms with Gasteiger partial charge in [-0.05, 0) is 55.5 Å². The zero-order valence-corrected chi connectivity index (χ0v) is 14.2. The maximum Gasteiger partial charge on any atom is 0.417 e. The third-order valence-electron chi connectivity index (χ3n) is 3.69. The minimum absolute atomic E-state index is 0.373. The number of carbonyl (C=O) groups excluding carboxylic acids is 1. The normalized spacial score (nSPS) is 11.1. The van der Waals surface area contributed by atoms with E-state index in [1.807, 2.05) is 13.0 Å². The van der Waals surface area contributed by atoms with Gasteiger partial charge in [-0.25, -0.2) is 0 Å². The van der Waals surface area contributed by atoms with Crippen LogP contribution in [0.4, 0.5) is 30.4 Å². The molecule has 1 aromatic heterocycles. The van der Waals surface area contributed by atoms with Gasteiger partial charge < -0.3 is 10.6 Å². The van der Waals surface area contributed by atoms with Crippen molar-refractivity contribution in [3.8, 4) is 0 Å². The zero-order valence-electron chi connectivity index (χ0n) is 14.2. The molecule has 2 N–H and O–H groups in total. The minimum atomic E-state index is -4.60. The smallest absolute Gasteiger partial charge is 0.339 e. The molecule has 0 unspecified atom stereocenters. The van der Waals surface area contributed by atoms with E-state index in [1.165, 1.54) is 12.1 Å². The molecule has 0 saturated carbocycles. The lowest BCUT2D eigenvalue weighted by Gasteiger charge is -2.13. The number of alkyl halides is 3. The van der Waals surface area contributed by atoms with Gasteiger partial charge in [0.15, 0.2) is 5.82 Å². The average Bonchev–Trinajstić information content (AvgIpc) is 2.64. The molecular formula is C19H15F3N4O. The number of rotatable bonds is 4. The predicted octanol–water partition coefficient (Wildman–Crippen LogP) is 4.80. The van der Waals surface area contributed by atoms with E-state index in [0.717, 1.165) is 17.8 Å². The molecule has 0 spiro atoms. The Hall–Kier alpha value is -3.42. The van der Waals surface area contributed by atoms with E-state index >= 15 is 0 Å². The van der Waals surface area contributed by atoms with Gasteiger partial charge in [-0.1, -0.05) is 12.1 Å². The molecule has 138 valence electrons. The number of aryl methyl sites for hydroxylation is 1. The molecule has 1 heterocycles. The summed E-state index contributed by atoms with van der Waals surface area (Å²) in [5.41, 5.74) is 0.456. The Labute approximate surface area is 153 Å². The van der Waals surface area contributed by atoms with Crippen LogP contribution < -0.4 is 10.6 Å². The number of nitrogens with one attached hydrogen (secondary N) is 2. The van der Waals surface area contributed by atoms with E-state index in [1.54, 1.807) is 30.3 Å². The molecule has 8 heteroatoms. The van der Waals surface area contributed by atoms with Crippen molar-refractivity contribution in [1.29, 1.82) is 0 Å². The Kier molecular flexibility index (Phi) is 5.07. The SMILES string of the molecule is Cc1ccc(Nc2ccc(NC(=O)c3ccccc3C(F)(F)F)cc2)nn1. The van der Waals surface area contributed by atoms with Crippen LogP contribution in [0.15, 0.2) is 60.7 Å². The summed E-state index contributed by atoms with van der Waals surface area (Å²) < 4.78 is 39.1. The largest absolute Gasteiger partial charge is 0.417 e. The fourth-order valence-electron chi connectivity index (χ4n) is 2.38. The summed E-state index contributed by atoms with van der Waals surface area (Å²) >= 11 is 0. The number of carbonyl (C=O) groups is 1. The van der Waals surface area contributed by atoms with Crippen LogP contribution in [0.1, 0.15) is 21.6 Å². The molecule has 2 aromatic carbocycles. The standard InChI is InChI=1S/C19H15F3N4O/c1-12-6-11-17(26-25-12)23-13-7-9-14(10-8-13)24-18(27)15-4-2-3-5-16(15)19(20,21)22/h2-11H,1H3,(H,23,26)(H,24,27). The maximum atomic E-state index is 13.0. The van der Waals surface area contributed by atoms with Gasteiger partial charge in [-0.2, -0.15) is 18.3 Å². The lowest BCUT2D eigenvalue weighted by molar-refractivity contribution is -0.137. The molecule has 0 aliphatic heterocycles. The molecule has 0 bridgehead atoms. The van der Waals surface area contributed by atoms with Gasteiger partial charge in [-0.3, -0.25) is 4.79 Å². The van der Waals surface area contributed by atoms with Crippen molar-refractivity contribution in [2.45, 2.75) is 13.1 Å². The Morgan fingerprint density at radius 3 is 2.19 bits per heavy atom. The fourth-order valence-corrected chi connectivity index (χ4v) is 2.38. The first-order valence-corrected chi connectivity index (χ1v) is 7.98. The van der Waals surface area contributed by atoms with Crippen molar-refractivity contribution in [3.05, 3.63) is 77.5 Å². The molecule has 0 fully saturated rings. The Bertz CT molecular complexity index is 938. The van der Waals surface area contributed by atoms with Crippen LogP contribution >= 0.6 is 0 Å². The molecule has 5 nitrogen and oxygen atoms in total. The Balaban J connectivity index is 1.72. The molecule has 27 heavy (non-hydrogen) atoms. The number of anilines is 3. The van der Waals surface area contributed by atoms with Gasteiger partial charge in [0.05, 0.1) is 16.8 Å². The summed E-state index contributed by atoms with van der Waals surface area (Å²) in [7, 11) is 0. The second-order valence-corrected chi connectivity index (χ2v) is 5.76. The van der Waals surface area contributed by atoms with Gasteiger partial charge in [0.1, 0.15) is 0 Å². The van der Waals surface area contributed by atoms with Crippen LogP contribution in [-0.2, 0) is 6.18 Å². The molecular weight excluding hydrogens is 357 g/mol. The molecule has 1 amide bonds. The van der Waals surface area contributed by atoms with E-state index in [0.29, 0.717) is 17.2 Å². The third kappa shape index (κ3) is 4.60. The molecule has 0 aliphatic rings. The van der Waals surface area contributed by atoms with E-state index in [4.69, 9.17) is 0 Å². The first-order chi connectivity index (χ1) is 12.8. The first-order valence-electron chi connectivity index (χ1n) is 7.98. The summed E-state index contributed by atoms with van der Waals surface area (Å²) in [6.07, 6.45) is -4.60. The van der Waals surface area contributed by atoms with E-state index in [-0.39, 0.29) is 0 Å². The zero-order chi connectivity index (χ0) is 19.4. The highest BCUT2D eigenvalue weighted by Gasteiger charge is 2.34. The summed E-state index contributed by atoms with van der Waals surface area (Å²) in [5.74, 6) is -0.274. The van der Waals surface area contributed by atoms with Crippen molar-refractivity contribution in [2.24, 2.45) is 0 Å². The summed E-state index contributed by atoms with van der Waals surface area (Å²) in [6.45, 7) is 1.82. The van der Waals surface area contributed by atoms with Gasteiger partial charge in [0.25, 0.3) is 5.91 Å². The van der Waals surface area contributed by atoms with Crippen molar-refractivity contribution < 1.29 is 18.0 Å². The van der Waals surface area contributed by atoms with Gasteiger partial charge >= 0.3 is 6.18 Å². The van der Waals surface area contributed by atoms with Gasteiger partial charge in [-0.15, -0.1) is 5.10 Å². The van der Waals surface area contributed by atoms with Crippen molar-refractivity contribution in [1.82, 2.24) is 10.2 Å². The lowest BCUT2D eigenvalue weighted by Crippen LogP contribution is -2.18. The van der Waals surface area contributed by atoms with Crippen LogP contribution in [0.3, 0.4) is 0 Å². The molecule has 0 saturated heterocycles. The number of halogens is 3. The number of hydrogen-bond acceptors (Lipinski definition) is 4. The number of amides is 1. The highest BCUT2D eigenvalue weighted by molar-refractivity contribution is 6.05. The van der Waals surface area contributed by atoms with E-state index < -0.39 is 23.2 Å². The lowest BCUT2D eigenvalue weighted by atomic mass is 10.1. The quantitative estimate of drug-likeness (QED) is 0.690. The summed E-state index contributed by atoms with van der Waals surface area (Å²) in [4.78, 5) is 12.2. The van der Waals surface area contributed by atoms with Crippen LogP contribution in [0.25, 0.3) is 0 Å². The number of aromatic nitrogens is 2. The predicted molar refractivity (Wildman–Crippen MR) is 95.9 cm³/mol.